The van der Waals surface area contributed by atoms with Gasteiger partial charge in [-0.25, -0.2) is 5.01 Å². The smallest absolute Gasteiger partial charge is 0.270 e. The molecule has 0 atom stereocenters. The van der Waals surface area contributed by atoms with E-state index in [1.165, 1.54) is 17.1 Å². The molecular weight excluding hydrogens is 410 g/mol. The molecule has 2 heterocycles. The minimum absolute atomic E-state index is 0.0563. The molecule has 0 N–H and O–H groups in total. The first-order chi connectivity index (χ1) is 15.3. The summed E-state index contributed by atoms with van der Waals surface area (Å²) in [6, 6.07) is 12.3. The zero-order chi connectivity index (χ0) is 22.8. The van der Waals surface area contributed by atoms with Crippen molar-refractivity contribution in [2.45, 2.75) is 26.7 Å². The number of anilines is 2. The molecule has 166 valence electrons. The lowest BCUT2D eigenvalue weighted by Gasteiger charge is -2.36. The molecule has 0 bridgehead atoms. The fourth-order valence-electron chi connectivity index (χ4n) is 3.98. The molecular formula is C23H25N5O4. The van der Waals surface area contributed by atoms with Gasteiger partial charge in [0.05, 0.1) is 10.6 Å². The van der Waals surface area contributed by atoms with Crippen molar-refractivity contribution < 1.29 is 14.5 Å². The van der Waals surface area contributed by atoms with Crippen LogP contribution in [0.5, 0.6) is 0 Å². The minimum Gasteiger partial charge on any atom is -0.368 e. The Morgan fingerprint density at radius 1 is 1.00 bits per heavy atom. The SMILES string of the molecule is Cc1ccc(C)c(N2N=C(C(=O)N3CCN(c4ccc([N+](=O)[O-])cc4)CC3)CCC2=O)c1. The van der Waals surface area contributed by atoms with Gasteiger partial charge in [0, 0.05) is 56.8 Å². The molecule has 0 spiro atoms. The van der Waals surface area contributed by atoms with Crippen molar-refractivity contribution in [1.29, 1.82) is 0 Å². The molecule has 2 aliphatic heterocycles. The lowest BCUT2D eigenvalue weighted by atomic mass is 10.1. The molecule has 1 fully saturated rings. The number of benzene rings is 2. The van der Waals surface area contributed by atoms with E-state index in [1.54, 1.807) is 17.0 Å². The Morgan fingerprint density at radius 2 is 1.69 bits per heavy atom. The van der Waals surface area contributed by atoms with Crippen molar-refractivity contribution in [3.8, 4) is 0 Å². The van der Waals surface area contributed by atoms with Crippen molar-refractivity contribution in [1.82, 2.24) is 4.90 Å². The summed E-state index contributed by atoms with van der Waals surface area (Å²) in [7, 11) is 0. The predicted molar refractivity (Wildman–Crippen MR) is 122 cm³/mol. The lowest BCUT2D eigenvalue weighted by Crippen LogP contribution is -2.51. The summed E-state index contributed by atoms with van der Waals surface area (Å²) < 4.78 is 0. The molecule has 2 aromatic rings. The summed E-state index contributed by atoms with van der Waals surface area (Å²) in [4.78, 5) is 39.9. The van der Waals surface area contributed by atoms with E-state index < -0.39 is 4.92 Å². The number of aryl methyl sites for hydroxylation is 2. The van der Waals surface area contributed by atoms with Crippen LogP contribution in [0.2, 0.25) is 0 Å². The average molecular weight is 435 g/mol. The number of nitro groups is 1. The number of nitro benzene ring substituents is 1. The molecule has 0 aromatic heterocycles. The van der Waals surface area contributed by atoms with E-state index in [2.05, 4.69) is 10.0 Å². The third kappa shape index (κ3) is 4.32. The number of amides is 2. The van der Waals surface area contributed by atoms with E-state index in [-0.39, 0.29) is 23.9 Å². The third-order valence-corrected chi connectivity index (χ3v) is 5.86. The van der Waals surface area contributed by atoms with Gasteiger partial charge in [-0.2, -0.15) is 5.10 Å². The Hall–Kier alpha value is -3.75. The van der Waals surface area contributed by atoms with Gasteiger partial charge in [0.15, 0.2) is 0 Å². The van der Waals surface area contributed by atoms with Crippen molar-refractivity contribution in [3.05, 3.63) is 63.7 Å². The number of carbonyl (C=O) groups is 2. The van der Waals surface area contributed by atoms with Crippen molar-refractivity contribution in [2.75, 3.05) is 36.1 Å². The zero-order valence-corrected chi connectivity index (χ0v) is 18.2. The Morgan fingerprint density at radius 3 is 2.34 bits per heavy atom. The normalized spacial score (nSPS) is 16.8. The standard InChI is InChI=1S/C23H25N5O4/c1-16-3-4-17(2)21(15-16)27-22(29)10-9-20(24-27)23(30)26-13-11-25(12-14-26)18-5-7-19(8-6-18)28(31)32/h3-8,15H,9-14H2,1-2H3. The molecule has 4 rings (SSSR count). The number of piperazine rings is 1. The van der Waals surface area contributed by atoms with Crippen LogP contribution in [0.4, 0.5) is 17.1 Å². The highest BCUT2D eigenvalue weighted by Gasteiger charge is 2.30. The predicted octanol–water partition coefficient (Wildman–Crippen LogP) is 3.04. The Kier molecular flexibility index (Phi) is 5.89. The van der Waals surface area contributed by atoms with Gasteiger partial charge in [-0.1, -0.05) is 12.1 Å². The van der Waals surface area contributed by atoms with Crippen LogP contribution in [-0.2, 0) is 9.59 Å². The maximum atomic E-state index is 13.1. The third-order valence-electron chi connectivity index (χ3n) is 5.86. The van der Waals surface area contributed by atoms with Crippen LogP contribution in [-0.4, -0.2) is 53.5 Å². The summed E-state index contributed by atoms with van der Waals surface area (Å²) in [5.74, 6) is -0.255. The second kappa shape index (κ2) is 8.78. The molecule has 9 nitrogen and oxygen atoms in total. The zero-order valence-electron chi connectivity index (χ0n) is 18.2. The second-order valence-electron chi connectivity index (χ2n) is 8.09. The van der Waals surface area contributed by atoms with Gasteiger partial charge >= 0.3 is 0 Å². The van der Waals surface area contributed by atoms with Crippen molar-refractivity contribution >= 4 is 34.6 Å². The molecule has 2 aliphatic rings. The van der Waals surface area contributed by atoms with Gasteiger partial charge in [-0.3, -0.25) is 19.7 Å². The summed E-state index contributed by atoms with van der Waals surface area (Å²) >= 11 is 0. The van der Waals surface area contributed by atoms with Gasteiger partial charge in [-0.05, 0) is 43.2 Å². The maximum absolute atomic E-state index is 13.1. The van der Waals surface area contributed by atoms with E-state index >= 15 is 0 Å². The number of nitrogens with zero attached hydrogens (tertiary/aromatic N) is 5. The first kappa shape index (κ1) is 21.5. The first-order valence-electron chi connectivity index (χ1n) is 10.6. The summed E-state index contributed by atoms with van der Waals surface area (Å²) in [5.41, 5.74) is 4.01. The number of hydrogen-bond acceptors (Lipinski definition) is 6. The van der Waals surface area contributed by atoms with Gasteiger partial charge in [0.25, 0.3) is 11.6 Å². The highest BCUT2D eigenvalue weighted by Crippen LogP contribution is 2.26. The minimum atomic E-state index is -0.419. The summed E-state index contributed by atoms with van der Waals surface area (Å²) in [6.07, 6.45) is 0.586. The molecule has 1 saturated heterocycles. The Labute approximate surface area is 186 Å². The number of carbonyl (C=O) groups excluding carboxylic acids is 2. The van der Waals surface area contributed by atoms with Gasteiger partial charge in [0.2, 0.25) is 5.91 Å². The van der Waals surface area contributed by atoms with E-state index in [4.69, 9.17) is 0 Å². The van der Waals surface area contributed by atoms with E-state index in [0.29, 0.717) is 44.0 Å². The van der Waals surface area contributed by atoms with E-state index in [1.807, 2.05) is 32.0 Å². The van der Waals surface area contributed by atoms with Crippen LogP contribution in [0.1, 0.15) is 24.0 Å². The largest absolute Gasteiger partial charge is 0.368 e. The summed E-state index contributed by atoms with van der Waals surface area (Å²) in [5, 5.41) is 16.7. The monoisotopic (exact) mass is 435 g/mol. The molecule has 0 radical (unpaired) electrons. The van der Waals surface area contributed by atoms with Crippen molar-refractivity contribution in [3.63, 3.8) is 0 Å². The van der Waals surface area contributed by atoms with Crippen molar-refractivity contribution in [2.24, 2.45) is 5.10 Å². The highest BCUT2D eigenvalue weighted by molar-refractivity contribution is 6.40. The maximum Gasteiger partial charge on any atom is 0.270 e. The van der Waals surface area contributed by atoms with Crippen LogP contribution in [0, 0.1) is 24.0 Å². The molecule has 0 saturated carbocycles. The Balaban J connectivity index is 1.45. The fourth-order valence-corrected chi connectivity index (χ4v) is 3.98. The van der Waals surface area contributed by atoms with Crippen LogP contribution < -0.4 is 9.91 Å². The lowest BCUT2D eigenvalue weighted by molar-refractivity contribution is -0.384. The molecule has 2 aromatic carbocycles. The highest BCUT2D eigenvalue weighted by atomic mass is 16.6. The molecule has 9 heteroatoms. The molecule has 0 aliphatic carbocycles. The molecule has 32 heavy (non-hydrogen) atoms. The summed E-state index contributed by atoms with van der Waals surface area (Å²) in [6.45, 7) is 6.16. The Bertz CT molecular complexity index is 1090. The topological polar surface area (TPSA) is 99.4 Å². The molecule has 0 unspecified atom stereocenters. The van der Waals surface area contributed by atoms with Gasteiger partial charge in [0.1, 0.15) is 5.71 Å². The number of hydrazone groups is 1. The average Bonchev–Trinajstić information content (AvgIpc) is 2.81. The number of rotatable bonds is 4. The number of non-ortho nitro benzene ring substituents is 1. The van der Waals surface area contributed by atoms with Crippen LogP contribution in [0.15, 0.2) is 47.6 Å². The van der Waals surface area contributed by atoms with E-state index in [9.17, 15) is 19.7 Å². The fraction of sp³-hybridized carbons (Fsp3) is 0.348. The van der Waals surface area contributed by atoms with Gasteiger partial charge in [-0.15, -0.1) is 0 Å². The quantitative estimate of drug-likeness (QED) is 0.543. The van der Waals surface area contributed by atoms with Crippen LogP contribution >= 0.6 is 0 Å². The van der Waals surface area contributed by atoms with Gasteiger partial charge < -0.3 is 9.80 Å². The molecule has 2 amide bonds. The second-order valence-corrected chi connectivity index (χ2v) is 8.09. The van der Waals surface area contributed by atoms with Crippen LogP contribution in [0.25, 0.3) is 0 Å². The first-order valence-corrected chi connectivity index (χ1v) is 10.6. The van der Waals surface area contributed by atoms with E-state index in [0.717, 1.165) is 16.8 Å². The number of hydrogen-bond donors (Lipinski definition) is 0. The van der Waals surface area contributed by atoms with Crippen LogP contribution in [0.3, 0.4) is 0 Å².